The van der Waals surface area contributed by atoms with Crippen LogP contribution in [0, 0.1) is 0 Å². The van der Waals surface area contributed by atoms with Gasteiger partial charge in [0.1, 0.15) is 13.1 Å². The number of halogens is 2. The Bertz CT molecular complexity index is 534. The SMILES string of the molecule is NC(=O)CN(CC(=O)O)C(=O)Nc1ccc(Br)cc1Br. The van der Waals surface area contributed by atoms with Crippen LogP contribution in [0.5, 0.6) is 0 Å². The lowest BCUT2D eigenvalue weighted by molar-refractivity contribution is -0.137. The molecule has 0 spiro atoms. The maximum Gasteiger partial charge on any atom is 0.323 e. The van der Waals surface area contributed by atoms with Gasteiger partial charge in [-0.15, -0.1) is 0 Å². The quantitative estimate of drug-likeness (QED) is 0.686. The monoisotopic (exact) mass is 407 g/mol. The van der Waals surface area contributed by atoms with Crippen molar-refractivity contribution in [3.63, 3.8) is 0 Å². The lowest BCUT2D eigenvalue weighted by Gasteiger charge is -2.20. The number of amides is 3. The van der Waals surface area contributed by atoms with Crippen molar-refractivity contribution in [1.82, 2.24) is 4.90 Å². The smallest absolute Gasteiger partial charge is 0.323 e. The van der Waals surface area contributed by atoms with Gasteiger partial charge in [-0.1, -0.05) is 15.9 Å². The van der Waals surface area contributed by atoms with Gasteiger partial charge in [-0.2, -0.15) is 0 Å². The number of urea groups is 1. The van der Waals surface area contributed by atoms with Gasteiger partial charge < -0.3 is 21.1 Å². The van der Waals surface area contributed by atoms with E-state index in [0.717, 1.165) is 9.37 Å². The summed E-state index contributed by atoms with van der Waals surface area (Å²) < 4.78 is 1.41. The molecule has 20 heavy (non-hydrogen) atoms. The molecule has 0 aromatic heterocycles. The summed E-state index contributed by atoms with van der Waals surface area (Å²) in [7, 11) is 0. The van der Waals surface area contributed by atoms with Crippen LogP contribution in [-0.2, 0) is 9.59 Å². The van der Waals surface area contributed by atoms with E-state index in [1.54, 1.807) is 18.2 Å². The number of hydrogen-bond acceptors (Lipinski definition) is 3. The zero-order valence-corrected chi connectivity index (χ0v) is 13.3. The number of anilines is 1. The molecule has 0 radical (unpaired) electrons. The number of carboxylic acids is 1. The Morgan fingerprint density at radius 3 is 2.40 bits per heavy atom. The second-order valence-corrected chi connectivity index (χ2v) is 5.54. The van der Waals surface area contributed by atoms with Gasteiger partial charge in [-0.05, 0) is 34.1 Å². The molecule has 1 aromatic carbocycles. The highest BCUT2D eigenvalue weighted by molar-refractivity contribution is 9.11. The lowest BCUT2D eigenvalue weighted by Crippen LogP contribution is -2.43. The van der Waals surface area contributed by atoms with E-state index in [4.69, 9.17) is 10.8 Å². The molecule has 0 bridgehead atoms. The summed E-state index contributed by atoms with van der Waals surface area (Å²) >= 11 is 6.52. The zero-order chi connectivity index (χ0) is 15.3. The van der Waals surface area contributed by atoms with Crippen molar-refractivity contribution in [2.75, 3.05) is 18.4 Å². The molecule has 1 aromatic rings. The number of primary amides is 1. The molecular weight excluding hydrogens is 398 g/mol. The predicted octanol–water partition coefficient (Wildman–Crippen LogP) is 1.62. The molecule has 0 saturated heterocycles. The molecule has 9 heteroatoms. The number of nitrogens with one attached hydrogen (secondary N) is 1. The van der Waals surface area contributed by atoms with Crippen LogP contribution in [0.25, 0.3) is 0 Å². The van der Waals surface area contributed by atoms with Crippen molar-refractivity contribution in [1.29, 1.82) is 0 Å². The summed E-state index contributed by atoms with van der Waals surface area (Å²) in [4.78, 5) is 34.3. The molecule has 0 unspecified atom stereocenters. The number of carbonyl (C=O) groups excluding carboxylic acids is 2. The van der Waals surface area contributed by atoms with Crippen LogP contribution >= 0.6 is 31.9 Å². The number of nitrogens with two attached hydrogens (primary N) is 1. The first kappa shape index (κ1) is 16.4. The largest absolute Gasteiger partial charge is 0.480 e. The first-order chi connectivity index (χ1) is 9.29. The number of rotatable bonds is 5. The number of aliphatic carboxylic acids is 1. The summed E-state index contributed by atoms with van der Waals surface area (Å²) in [6, 6.07) is 4.31. The van der Waals surface area contributed by atoms with Gasteiger partial charge >= 0.3 is 12.0 Å². The molecule has 0 fully saturated rings. The van der Waals surface area contributed by atoms with Gasteiger partial charge in [0.2, 0.25) is 5.91 Å². The second kappa shape index (κ2) is 7.25. The van der Waals surface area contributed by atoms with E-state index >= 15 is 0 Å². The first-order valence-corrected chi connectivity index (χ1v) is 6.89. The molecule has 0 heterocycles. The zero-order valence-electron chi connectivity index (χ0n) is 10.1. The van der Waals surface area contributed by atoms with E-state index < -0.39 is 31.0 Å². The Morgan fingerprint density at radius 1 is 1.25 bits per heavy atom. The topological polar surface area (TPSA) is 113 Å². The number of hydrogen-bond donors (Lipinski definition) is 3. The van der Waals surface area contributed by atoms with Crippen LogP contribution in [0.4, 0.5) is 10.5 Å². The molecule has 0 atom stereocenters. The first-order valence-electron chi connectivity index (χ1n) is 5.30. The maximum atomic E-state index is 11.9. The maximum absolute atomic E-state index is 11.9. The Hall–Kier alpha value is -1.61. The van der Waals surface area contributed by atoms with Crippen molar-refractivity contribution in [3.8, 4) is 0 Å². The number of carbonyl (C=O) groups is 3. The van der Waals surface area contributed by atoms with Gasteiger partial charge in [-0.3, -0.25) is 9.59 Å². The van der Waals surface area contributed by atoms with Gasteiger partial charge in [-0.25, -0.2) is 4.79 Å². The molecule has 7 nitrogen and oxygen atoms in total. The molecule has 0 aliphatic heterocycles. The van der Waals surface area contributed by atoms with Crippen LogP contribution in [-0.4, -0.2) is 41.0 Å². The standard InChI is InChI=1S/C11H11Br2N3O4/c12-6-1-2-8(7(13)3-6)15-11(20)16(4-9(14)17)5-10(18)19/h1-3H,4-5H2,(H2,14,17)(H,15,20)(H,18,19). The van der Waals surface area contributed by atoms with Crippen LogP contribution in [0.3, 0.4) is 0 Å². The third-order valence-corrected chi connectivity index (χ3v) is 3.28. The Balaban J connectivity index is 2.84. The average Bonchev–Trinajstić information content (AvgIpc) is 2.30. The van der Waals surface area contributed by atoms with Gasteiger partial charge in [0, 0.05) is 8.95 Å². The van der Waals surface area contributed by atoms with Crippen molar-refractivity contribution in [2.24, 2.45) is 5.73 Å². The number of carboxylic acid groups (broad SMARTS) is 1. The van der Waals surface area contributed by atoms with E-state index in [2.05, 4.69) is 37.2 Å². The number of benzene rings is 1. The van der Waals surface area contributed by atoms with Crippen LogP contribution in [0.2, 0.25) is 0 Å². The summed E-state index contributed by atoms with van der Waals surface area (Å²) in [5.41, 5.74) is 5.42. The summed E-state index contributed by atoms with van der Waals surface area (Å²) in [6.45, 7) is -1.10. The number of nitrogens with zero attached hydrogens (tertiary/aromatic N) is 1. The Labute approximate surface area is 131 Å². The normalized spacial score (nSPS) is 9.90. The van der Waals surface area contributed by atoms with Crippen LogP contribution < -0.4 is 11.1 Å². The molecule has 108 valence electrons. The highest BCUT2D eigenvalue weighted by Crippen LogP contribution is 2.26. The van der Waals surface area contributed by atoms with E-state index in [9.17, 15) is 14.4 Å². The highest BCUT2D eigenvalue weighted by Gasteiger charge is 2.19. The van der Waals surface area contributed by atoms with Gasteiger partial charge in [0.05, 0.1) is 5.69 Å². The predicted molar refractivity (Wildman–Crippen MR) is 79.3 cm³/mol. The summed E-state index contributed by atoms with van der Waals surface area (Å²) in [6.07, 6.45) is 0. The fourth-order valence-electron chi connectivity index (χ4n) is 1.34. The van der Waals surface area contributed by atoms with Crippen LogP contribution in [0.1, 0.15) is 0 Å². The Morgan fingerprint density at radius 2 is 1.90 bits per heavy atom. The molecule has 4 N–H and O–H groups in total. The van der Waals surface area contributed by atoms with Crippen molar-refractivity contribution in [3.05, 3.63) is 27.1 Å². The summed E-state index contributed by atoms with van der Waals surface area (Å²) in [5.74, 6) is -2.03. The second-order valence-electron chi connectivity index (χ2n) is 3.77. The molecule has 3 amide bonds. The fourth-order valence-corrected chi connectivity index (χ4v) is 2.48. The Kier molecular flexibility index (Phi) is 5.96. The van der Waals surface area contributed by atoms with Crippen molar-refractivity contribution in [2.45, 2.75) is 0 Å². The lowest BCUT2D eigenvalue weighted by atomic mass is 10.3. The molecule has 0 aliphatic carbocycles. The minimum Gasteiger partial charge on any atom is -0.480 e. The molecular formula is C11H11Br2N3O4. The third kappa shape index (κ3) is 5.17. The average molecular weight is 409 g/mol. The minimum absolute atomic E-state index is 0.443. The van der Waals surface area contributed by atoms with Crippen LogP contribution in [0.15, 0.2) is 27.1 Å². The third-order valence-electron chi connectivity index (χ3n) is 2.13. The highest BCUT2D eigenvalue weighted by atomic mass is 79.9. The van der Waals surface area contributed by atoms with Gasteiger partial charge in [0.25, 0.3) is 0 Å². The fraction of sp³-hybridized carbons (Fsp3) is 0.182. The van der Waals surface area contributed by atoms with E-state index in [1.807, 2.05) is 0 Å². The van der Waals surface area contributed by atoms with Crippen molar-refractivity contribution >= 4 is 55.5 Å². The summed E-state index contributed by atoms with van der Waals surface area (Å²) in [5, 5.41) is 11.2. The van der Waals surface area contributed by atoms with Gasteiger partial charge in [0.15, 0.2) is 0 Å². The van der Waals surface area contributed by atoms with E-state index in [0.29, 0.717) is 10.2 Å². The van der Waals surface area contributed by atoms with E-state index in [-0.39, 0.29) is 0 Å². The van der Waals surface area contributed by atoms with Crippen molar-refractivity contribution < 1.29 is 19.5 Å². The molecule has 0 aliphatic rings. The minimum atomic E-state index is -1.24. The van der Waals surface area contributed by atoms with E-state index in [1.165, 1.54) is 0 Å². The molecule has 1 rings (SSSR count). The molecule has 0 saturated carbocycles.